The van der Waals surface area contributed by atoms with Crippen molar-refractivity contribution in [2.45, 2.75) is 19.5 Å². The highest BCUT2D eigenvalue weighted by Gasteiger charge is 2.40. The third kappa shape index (κ3) is 5.02. The van der Waals surface area contributed by atoms with Crippen molar-refractivity contribution >= 4 is 35.6 Å². The lowest BCUT2D eigenvalue weighted by atomic mass is 10.1. The minimum Gasteiger partial charge on any atom is -0.399 e. The molecule has 1 aromatic carbocycles. The number of anilines is 2. The van der Waals surface area contributed by atoms with Crippen LogP contribution in [-0.2, 0) is 9.59 Å². The van der Waals surface area contributed by atoms with Crippen molar-refractivity contribution in [2.75, 3.05) is 24.1 Å². The average molecular weight is 352 g/mol. The number of nitrogens with one attached hydrogen (secondary N) is 1. The lowest BCUT2D eigenvalue weighted by molar-refractivity contribution is -0.157. The van der Waals surface area contributed by atoms with E-state index >= 15 is 0 Å². The fourth-order valence-electron chi connectivity index (χ4n) is 2.33. The fourth-order valence-corrected chi connectivity index (χ4v) is 2.33. The van der Waals surface area contributed by atoms with Gasteiger partial charge in [0.1, 0.15) is 6.54 Å². The number of benzene rings is 1. The van der Waals surface area contributed by atoms with Gasteiger partial charge < -0.3 is 16.0 Å². The summed E-state index contributed by atoms with van der Waals surface area (Å²) in [6.45, 7) is 0.212. The number of nitrogen functional groups attached to an aromatic ring is 1. The highest BCUT2D eigenvalue weighted by atomic mass is 35.5. The molecule has 3 N–H and O–H groups in total. The summed E-state index contributed by atoms with van der Waals surface area (Å²) in [5.74, 6) is -1.94. The minimum atomic E-state index is -4.47. The zero-order chi connectivity index (χ0) is 16.5. The monoisotopic (exact) mass is 351 g/mol. The van der Waals surface area contributed by atoms with E-state index in [1.54, 1.807) is 25.1 Å². The number of carbonyl (C=O) groups excluding carboxylic acids is 2. The number of hydrogen-bond donors (Lipinski definition) is 2. The van der Waals surface area contributed by atoms with Gasteiger partial charge in [-0.2, -0.15) is 13.2 Å². The number of hydrogen-bond acceptors (Lipinski definition) is 3. The molecule has 1 heterocycles. The molecular formula is C14H17ClF3N3O2. The maximum atomic E-state index is 12.3. The van der Waals surface area contributed by atoms with Crippen LogP contribution in [0, 0.1) is 12.8 Å². The summed E-state index contributed by atoms with van der Waals surface area (Å²) in [6, 6.07) is 4.97. The van der Waals surface area contributed by atoms with E-state index in [4.69, 9.17) is 5.73 Å². The quantitative estimate of drug-likeness (QED) is 0.821. The van der Waals surface area contributed by atoms with Gasteiger partial charge in [-0.05, 0) is 24.6 Å². The molecule has 128 valence electrons. The first kappa shape index (κ1) is 19.1. The Morgan fingerprint density at radius 3 is 2.70 bits per heavy atom. The molecule has 0 bridgehead atoms. The second kappa shape index (κ2) is 7.08. The number of likely N-dealkylation sites (tertiary alicyclic amines) is 1. The Bertz CT molecular complexity index is 607. The predicted molar refractivity (Wildman–Crippen MR) is 82.2 cm³/mol. The second-order valence-corrected chi connectivity index (χ2v) is 5.35. The molecule has 1 aromatic rings. The number of nitrogens with two attached hydrogens (primary N) is 1. The standard InChI is InChI=1S/C14H16F3N3O2.ClH/c1-8-2-3-10(18)5-11(8)19-13(22)9-4-12(21)20(6-9)7-14(15,16)17;/h2-3,5,9H,4,6-7,18H2,1H3,(H,19,22);1H. The van der Waals surface area contributed by atoms with Gasteiger partial charge in [0.2, 0.25) is 11.8 Å². The largest absolute Gasteiger partial charge is 0.406 e. The SMILES string of the molecule is Cc1ccc(N)cc1NC(=O)C1CC(=O)N(CC(F)(F)F)C1.Cl. The summed E-state index contributed by atoms with van der Waals surface area (Å²) >= 11 is 0. The molecule has 1 atom stereocenters. The number of alkyl halides is 3. The van der Waals surface area contributed by atoms with E-state index < -0.39 is 30.5 Å². The summed E-state index contributed by atoms with van der Waals surface area (Å²) < 4.78 is 37.0. The highest BCUT2D eigenvalue weighted by Crippen LogP contribution is 2.26. The van der Waals surface area contributed by atoms with E-state index in [1.807, 2.05) is 0 Å². The molecular weight excluding hydrogens is 335 g/mol. The Balaban J connectivity index is 0.00000264. The smallest absolute Gasteiger partial charge is 0.399 e. The third-order valence-corrected chi connectivity index (χ3v) is 3.47. The van der Waals surface area contributed by atoms with Crippen molar-refractivity contribution in [1.29, 1.82) is 0 Å². The van der Waals surface area contributed by atoms with Gasteiger partial charge in [-0.15, -0.1) is 12.4 Å². The molecule has 1 saturated heterocycles. The van der Waals surface area contributed by atoms with Gasteiger partial charge in [0.05, 0.1) is 5.92 Å². The Morgan fingerprint density at radius 1 is 1.43 bits per heavy atom. The molecule has 2 rings (SSSR count). The molecule has 1 unspecified atom stereocenters. The molecule has 1 fully saturated rings. The molecule has 0 aliphatic carbocycles. The van der Waals surface area contributed by atoms with Crippen molar-refractivity contribution in [3.63, 3.8) is 0 Å². The van der Waals surface area contributed by atoms with Gasteiger partial charge in [0.25, 0.3) is 0 Å². The van der Waals surface area contributed by atoms with Gasteiger partial charge >= 0.3 is 6.18 Å². The van der Waals surface area contributed by atoms with Crippen LogP contribution in [0.5, 0.6) is 0 Å². The molecule has 2 amide bonds. The van der Waals surface area contributed by atoms with Gasteiger partial charge in [-0.1, -0.05) is 6.07 Å². The van der Waals surface area contributed by atoms with Crippen LogP contribution in [0.15, 0.2) is 18.2 Å². The molecule has 0 saturated carbocycles. The van der Waals surface area contributed by atoms with Crippen LogP contribution < -0.4 is 11.1 Å². The summed E-state index contributed by atoms with van der Waals surface area (Å²) in [5, 5.41) is 2.62. The average Bonchev–Trinajstić information content (AvgIpc) is 2.73. The van der Waals surface area contributed by atoms with E-state index in [2.05, 4.69) is 5.32 Å². The van der Waals surface area contributed by atoms with Gasteiger partial charge in [-0.3, -0.25) is 9.59 Å². The molecule has 1 aliphatic rings. The van der Waals surface area contributed by atoms with Gasteiger partial charge in [-0.25, -0.2) is 0 Å². The number of amides is 2. The van der Waals surface area contributed by atoms with Crippen LogP contribution in [-0.4, -0.2) is 36.0 Å². The number of halogens is 4. The summed E-state index contributed by atoms with van der Waals surface area (Å²) in [7, 11) is 0. The van der Waals surface area contributed by atoms with Crippen molar-refractivity contribution < 1.29 is 22.8 Å². The Morgan fingerprint density at radius 2 is 2.09 bits per heavy atom. The zero-order valence-corrected chi connectivity index (χ0v) is 13.1. The minimum absolute atomic E-state index is 0. The number of nitrogens with zero attached hydrogens (tertiary/aromatic N) is 1. The van der Waals surface area contributed by atoms with Crippen molar-refractivity contribution in [3.05, 3.63) is 23.8 Å². The van der Waals surface area contributed by atoms with Crippen LogP contribution >= 0.6 is 12.4 Å². The third-order valence-electron chi connectivity index (χ3n) is 3.47. The molecule has 23 heavy (non-hydrogen) atoms. The van der Waals surface area contributed by atoms with Crippen molar-refractivity contribution in [1.82, 2.24) is 4.90 Å². The van der Waals surface area contributed by atoms with Crippen molar-refractivity contribution in [3.8, 4) is 0 Å². The van der Waals surface area contributed by atoms with E-state index in [1.165, 1.54) is 0 Å². The van der Waals surface area contributed by atoms with Crippen LogP contribution in [0.3, 0.4) is 0 Å². The molecule has 0 radical (unpaired) electrons. The summed E-state index contributed by atoms with van der Waals surface area (Å²) in [5.41, 5.74) is 7.36. The maximum absolute atomic E-state index is 12.3. The normalized spacial score (nSPS) is 17.8. The van der Waals surface area contributed by atoms with E-state index in [0.29, 0.717) is 16.3 Å². The van der Waals surface area contributed by atoms with Crippen LogP contribution in [0.4, 0.5) is 24.5 Å². The summed E-state index contributed by atoms with van der Waals surface area (Å²) in [6.07, 6.45) is -4.69. The second-order valence-electron chi connectivity index (χ2n) is 5.35. The molecule has 5 nitrogen and oxygen atoms in total. The number of carbonyl (C=O) groups is 2. The Hall–Kier alpha value is -1.96. The Labute approximate surface area is 137 Å². The van der Waals surface area contributed by atoms with Crippen molar-refractivity contribution in [2.24, 2.45) is 5.92 Å². The van der Waals surface area contributed by atoms with Crippen LogP contribution in [0.2, 0.25) is 0 Å². The molecule has 9 heteroatoms. The highest BCUT2D eigenvalue weighted by molar-refractivity contribution is 5.98. The zero-order valence-electron chi connectivity index (χ0n) is 12.3. The summed E-state index contributed by atoms with van der Waals surface area (Å²) in [4.78, 5) is 24.4. The predicted octanol–water partition coefficient (Wildman–Crippen LogP) is 2.35. The van der Waals surface area contributed by atoms with E-state index in [0.717, 1.165) is 5.56 Å². The van der Waals surface area contributed by atoms with Crippen LogP contribution in [0.25, 0.3) is 0 Å². The lowest BCUT2D eigenvalue weighted by Crippen LogP contribution is -2.36. The lowest BCUT2D eigenvalue weighted by Gasteiger charge is -2.18. The van der Waals surface area contributed by atoms with E-state index in [9.17, 15) is 22.8 Å². The molecule has 1 aliphatic heterocycles. The maximum Gasteiger partial charge on any atom is 0.406 e. The first-order valence-electron chi connectivity index (χ1n) is 6.67. The fraction of sp³-hybridized carbons (Fsp3) is 0.429. The topological polar surface area (TPSA) is 75.4 Å². The van der Waals surface area contributed by atoms with E-state index in [-0.39, 0.29) is 25.4 Å². The van der Waals surface area contributed by atoms with Crippen LogP contribution in [0.1, 0.15) is 12.0 Å². The molecule has 0 spiro atoms. The first-order valence-corrected chi connectivity index (χ1v) is 6.67. The Kier molecular flexibility index (Phi) is 5.87. The first-order chi connectivity index (χ1) is 10.2. The number of rotatable bonds is 3. The van der Waals surface area contributed by atoms with Gasteiger partial charge in [0.15, 0.2) is 0 Å². The number of aryl methyl sites for hydroxylation is 1. The van der Waals surface area contributed by atoms with Gasteiger partial charge in [0, 0.05) is 24.3 Å². The molecule has 0 aromatic heterocycles.